The third kappa shape index (κ3) is 3.07. The average molecular weight is 363 g/mol. The lowest BCUT2D eigenvalue weighted by molar-refractivity contribution is 0.288. The summed E-state index contributed by atoms with van der Waals surface area (Å²) < 4.78 is 13.8. The van der Waals surface area contributed by atoms with Crippen LogP contribution in [0.5, 0.6) is 11.5 Å². The fourth-order valence-corrected chi connectivity index (χ4v) is 3.53. The number of benzene rings is 2. The highest BCUT2D eigenvalue weighted by Gasteiger charge is 2.17. The van der Waals surface area contributed by atoms with Gasteiger partial charge in [-0.05, 0) is 25.8 Å². The summed E-state index contributed by atoms with van der Waals surface area (Å²) >= 11 is 0. The van der Waals surface area contributed by atoms with Gasteiger partial charge in [-0.25, -0.2) is 9.97 Å². The molecule has 0 saturated heterocycles. The summed E-state index contributed by atoms with van der Waals surface area (Å²) in [7, 11) is 0. The first-order chi connectivity index (χ1) is 13.1. The fourth-order valence-electron chi connectivity index (χ4n) is 3.53. The molecule has 5 nitrogen and oxygen atoms in total. The van der Waals surface area contributed by atoms with Gasteiger partial charge in [0, 0.05) is 24.1 Å². The summed E-state index contributed by atoms with van der Waals surface area (Å²) in [5.74, 6) is 1.94. The number of hydrogen-bond acceptors (Lipinski definition) is 4. The molecule has 0 aliphatic carbocycles. The van der Waals surface area contributed by atoms with Crippen LogP contribution in [0, 0.1) is 5.92 Å². The van der Waals surface area contributed by atoms with E-state index in [9.17, 15) is 0 Å². The summed E-state index contributed by atoms with van der Waals surface area (Å²) in [6, 6.07) is 12.3. The summed E-state index contributed by atoms with van der Waals surface area (Å²) in [6.45, 7) is 10.4. The number of nitrogens with zero attached hydrogens (tertiary/aromatic N) is 3. The molecule has 27 heavy (non-hydrogen) atoms. The van der Waals surface area contributed by atoms with Crippen LogP contribution in [-0.4, -0.2) is 27.7 Å². The molecule has 2 aromatic heterocycles. The van der Waals surface area contributed by atoms with Crippen LogP contribution in [0.25, 0.3) is 33.1 Å². The maximum atomic E-state index is 5.76. The molecular formula is C22H25N3O2. The van der Waals surface area contributed by atoms with Crippen LogP contribution in [0.3, 0.4) is 0 Å². The molecule has 4 rings (SSSR count). The molecule has 4 aromatic rings. The van der Waals surface area contributed by atoms with E-state index in [-0.39, 0.29) is 0 Å². The first kappa shape index (κ1) is 17.6. The topological polar surface area (TPSA) is 49.2 Å². The molecule has 0 N–H and O–H groups in total. The Balaban J connectivity index is 2.03. The Kier molecular flexibility index (Phi) is 4.60. The molecule has 0 bridgehead atoms. The lowest BCUT2D eigenvalue weighted by Crippen LogP contribution is -2.05. The molecule has 2 heterocycles. The maximum absolute atomic E-state index is 5.76. The standard InChI is InChI=1S/C22H25N3O2/c1-5-26-19-11-16-17(12-20(19)27-6-2)24-22-21(23-16)15-9-7-8-10-18(15)25(22)13-14(3)4/h7-12,14H,5-6,13H2,1-4H3. The first-order valence-corrected chi connectivity index (χ1v) is 9.60. The molecule has 0 spiro atoms. The molecule has 140 valence electrons. The summed E-state index contributed by atoms with van der Waals surface area (Å²) in [6.07, 6.45) is 0. The third-order valence-corrected chi connectivity index (χ3v) is 4.56. The lowest BCUT2D eigenvalue weighted by atomic mass is 10.2. The monoisotopic (exact) mass is 363 g/mol. The van der Waals surface area contributed by atoms with Crippen LogP contribution in [0.4, 0.5) is 0 Å². The Morgan fingerprint density at radius 3 is 2.19 bits per heavy atom. The van der Waals surface area contributed by atoms with Crippen LogP contribution in [-0.2, 0) is 6.54 Å². The normalized spacial score (nSPS) is 11.7. The fraction of sp³-hybridized carbons (Fsp3) is 0.364. The largest absolute Gasteiger partial charge is 0.490 e. The van der Waals surface area contributed by atoms with E-state index in [0.29, 0.717) is 30.6 Å². The predicted molar refractivity (Wildman–Crippen MR) is 110 cm³/mol. The number of fused-ring (bicyclic) bond motifs is 4. The maximum Gasteiger partial charge on any atom is 0.163 e. The van der Waals surface area contributed by atoms with Crippen molar-refractivity contribution in [2.75, 3.05) is 13.2 Å². The summed E-state index contributed by atoms with van der Waals surface area (Å²) in [5, 5.41) is 1.13. The van der Waals surface area contributed by atoms with Crippen LogP contribution in [0.15, 0.2) is 36.4 Å². The summed E-state index contributed by atoms with van der Waals surface area (Å²) in [5.41, 5.74) is 4.67. The second-order valence-electron chi connectivity index (χ2n) is 7.07. The van der Waals surface area contributed by atoms with Crippen LogP contribution in [0.2, 0.25) is 0 Å². The second-order valence-corrected chi connectivity index (χ2v) is 7.07. The molecule has 0 atom stereocenters. The van der Waals surface area contributed by atoms with Crippen LogP contribution < -0.4 is 9.47 Å². The molecular weight excluding hydrogens is 338 g/mol. The highest BCUT2D eigenvalue weighted by atomic mass is 16.5. The lowest BCUT2D eigenvalue weighted by Gasteiger charge is -2.12. The van der Waals surface area contributed by atoms with E-state index in [1.807, 2.05) is 26.0 Å². The molecule has 0 saturated carbocycles. The number of rotatable bonds is 6. The number of ether oxygens (including phenoxy) is 2. The van der Waals surface area contributed by atoms with E-state index < -0.39 is 0 Å². The molecule has 2 aromatic carbocycles. The van der Waals surface area contributed by atoms with E-state index in [4.69, 9.17) is 19.4 Å². The van der Waals surface area contributed by atoms with E-state index >= 15 is 0 Å². The van der Waals surface area contributed by atoms with E-state index in [1.54, 1.807) is 0 Å². The zero-order valence-electron chi connectivity index (χ0n) is 16.3. The van der Waals surface area contributed by atoms with Gasteiger partial charge in [0.1, 0.15) is 5.52 Å². The Hall–Kier alpha value is -2.82. The quantitative estimate of drug-likeness (QED) is 0.473. The molecule has 0 radical (unpaired) electrons. The smallest absolute Gasteiger partial charge is 0.163 e. The van der Waals surface area contributed by atoms with Gasteiger partial charge in [-0.2, -0.15) is 0 Å². The third-order valence-electron chi connectivity index (χ3n) is 4.56. The van der Waals surface area contributed by atoms with E-state index in [1.165, 1.54) is 5.52 Å². The van der Waals surface area contributed by atoms with Crippen molar-refractivity contribution in [3.8, 4) is 11.5 Å². The number of para-hydroxylation sites is 1. The highest BCUT2D eigenvalue weighted by Crippen LogP contribution is 2.34. The van der Waals surface area contributed by atoms with Gasteiger partial charge in [-0.1, -0.05) is 32.0 Å². The molecule has 0 amide bonds. The van der Waals surface area contributed by atoms with Crippen molar-refractivity contribution in [1.82, 2.24) is 14.5 Å². The van der Waals surface area contributed by atoms with Gasteiger partial charge in [-0.15, -0.1) is 0 Å². The van der Waals surface area contributed by atoms with E-state index in [0.717, 1.165) is 34.1 Å². The highest BCUT2D eigenvalue weighted by molar-refractivity contribution is 6.06. The molecule has 0 aliphatic heterocycles. The average Bonchev–Trinajstić information content (AvgIpc) is 2.94. The van der Waals surface area contributed by atoms with Crippen molar-refractivity contribution in [3.63, 3.8) is 0 Å². The van der Waals surface area contributed by atoms with Gasteiger partial charge < -0.3 is 14.0 Å². The molecule has 0 fully saturated rings. The second kappa shape index (κ2) is 7.06. The minimum Gasteiger partial charge on any atom is -0.490 e. The van der Waals surface area contributed by atoms with E-state index in [2.05, 4.69) is 42.7 Å². The number of hydrogen-bond donors (Lipinski definition) is 0. The molecule has 0 aliphatic rings. The van der Waals surface area contributed by atoms with Gasteiger partial charge in [0.25, 0.3) is 0 Å². The predicted octanol–water partition coefficient (Wildman–Crippen LogP) is 5.19. The van der Waals surface area contributed by atoms with Crippen LogP contribution >= 0.6 is 0 Å². The van der Waals surface area contributed by atoms with Crippen molar-refractivity contribution in [1.29, 1.82) is 0 Å². The van der Waals surface area contributed by atoms with Crippen molar-refractivity contribution in [2.24, 2.45) is 5.92 Å². The van der Waals surface area contributed by atoms with Crippen molar-refractivity contribution < 1.29 is 9.47 Å². The zero-order valence-corrected chi connectivity index (χ0v) is 16.3. The van der Waals surface area contributed by atoms with Gasteiger partial charge >= 0.3 is 0 Å². The Morgan fingerprint density at radius 1 is 0.926 bits per heavy atom. The van der Waals surface area contributed by atoms with Gasteiger partial charge in [0.2, 0.25) is 0 Å². The van der Waals surface area contributed by atoms with Crippen molar-refractivity contribution in [3.05, 3.63) is 36.4 Å². The van der Waals surface area contributed by atoms with Gasteiger partial charge in [-0.3, -0.25) is 0 Å². The first-order valence-electron chi connectivity index (χ1n) is 9.60. The Morgan fingerprint density at radius 2 is 1.56 bits per heavy atom. The molecule has 5 heteroatoms. The van der Waals surface area contributed by atoms with Crippen LogP contribution in [0.1, 0.15) is 27.7 Å². The Bertz CT molecular complexity index is 1120. The zero-order chi connectivity index (χ0) is 19.0. The Labute approximate surface area is 158 Å². The van der Waals surface area contributed by atoms with Crippen molar-refractivity contribution >= 4 is 33.1 Å². The van der Waals surface area contributed by atoms with Crippen molar-refractivity contribution in [2.45, 2.75) is 34.2 Å². The number of aromatic nitrogens is 3. The summed E-state index contributed by atoms with van der Waals surface area (Å²) in [4.78, 5) is 9.94. The SMILES string of the molecule is CCOc1cc2nc3c4ccccc4n(CC(C)C)c3nc2cc1OCC. The molecule has 0 unspecified atom stereocenters. The minimum absolute atomic E-state index is 0.515. The minimum atomic E-state index is 0.515. The van der Waals surface area contributed by atoms with Gasteiger partial charge in [0.05, 0.1) is 29.8 Å². The van der Waals surface area contributed by atoms with Gasteiger partial charge in [0.15, 0.2) is 17.1 Å².